The van der Waals surface area contributed by atoms with E-state index in [9.17, 15) is 9.59 Å². The van der Waals surface area contributed by atoms with E-state index in [1.807, 2.05) is 17.5 Å². The third-order valence-corrected chi connectivity index (χ3v) is 3.72. The molecule has 5 nitrogen and oxygen atoms in total. The quantitative estimate of drug-likeness (QED) is 0.832. The Labute approximate surface area is 132 Å². The third kappa shape index (κ3) is 3.95. The summed E-state index contributed by atoms with van der Waals surface area (Å²) in [6.45, 7) is 0. The van der Waals surface area contributed by atoms with Crippen LogP contribution >= 0.6 is 11.3 Å². The lowest BCUT2D eigenvalue weighted by Crippen LogP contribution is -2.33. The van der Waals surface area contributed by atoms with E-state index >= 15 is 0 Å². The normalized spacial score (nSPS) is 10.9. The highest BCUT2D eigenvalue weighted by molar-refractivity contribution is 7.10. The van der Waals surface area contributed by atoms with Gasteiger partial charge in [0.05, 0.1) is 7.11 Å². The number of carbonyl (C=O) groups excluding carboxylic acids is 2. The number of nitrogens with one attached hydrogen (secondary N) is 2. The van der Waals surface area contributed by atoms with Gasteiger partial charge in [-0.3, -0.25) is 9.59 Å². The van der Waals surface area contributed by atoms with E-state index in [0.717, 1.165) is 4.88 Å². The van der Waals surface area contributed by atoms with Crippen molar-refractivity contribution in [3.05, 3.63) is 57.9 Å². The van der Waals surface area contributed by atoms with Crippen molar-refractivity contribution >= 4 is 29.2 Å². The van der Waals surface area contributed by atoms with Crippen molar-refractivity contribution in [2.75, 3.05) is 14.2 Å². The van der Waals surface area contributed by atoms with Crippen molar-refractivity contribution in [1.82, 2.24) is 10.6 Å². The van der Waals surface area contributed by atoms with Crippen LogP contribution in [0.15, 0.2) is 47.5 Å². The fraction of sp³-hybridized carbons (Fsp3) is 0.125. The van der Waals surface area contributed by atoms with Gasteiger partial charge in [-0.05, 0) is 41.8 Å². The average Bonchev–Trinajstić information content (AvgIpc) is 3.06. The van der Waals surface area contributed by atoms with Crippen molar-refractivity contribution in [2.45, 2.75) is 0 Å². The number of ether oxygens (including phenoxy) is 1. The maximum Gasteiger partial charge on any atom is 0.267 e. The second kappa shape index (κ2) is 7.42. The molecule has 0 saturated heterocycles. The highest BCUT2D eigenvalue weighted by Gasteiger charge is 2.13. The van der Waals surface area contributed by atoms with Gasteiger partial charge >= 0.3 is 0 Å². The van der Waals surface area contributed by atoms with Gasteiger partial charge in [0.25, 0.3) is 11.8 Å². The fourth-order valence-corrected chi connectivity index (χ4v) is 2.40. The summed E-state index contributed by atoms with van der Waals surface area (Å²) in [7, 11) is 3.08. The summed E-state index contributed by atoms with van der Waals surface area (Å²) >= 11 is 1.48. The van der Waals surface area contributed by atoms with E-state index in [1.54, 1.807) is 37.5 Å². The van der Waals surface area contributed by atoms with E-state index < -0.39 is 0 Å². The molecule has 0 fully saturated rings. The molecule has 0 aliphatic rings. The Balaban J connectivity index is 2.19. The van der Waals surface area contributed by atoms with Crippen molar-refractivity contribution in [2.24, 2.45) is 0 Å². The van der Waals surface area contributed by atoms with Gasteiger partial charge in [0.2, 0.25) is 0 Å². The lowest BCUT2D eigenvalue weighted by Gasteiger charge is -2.09. The lowest BCUT2D eigenvalue weighted by atomic mass is 10.2. The standard InChI is InChI=1S/C16H16N2O3S/c1-17-16(20)14(10-13-4-3-9-22-13)18-15(19)11-5-7-12(21-2)8-6-11/h3-10H,1-2H3,(H,17,20)(H,18,19)/b14-10-. The molecule has 1 aromatic heterocycles. The van der Waals surface area contributed by atoms with Crippen molar-refractivity contribution in [3.63, 3.8) is 0 Å². The van der Waals surface area contributed by atoms with Gasteiger partial charge in [-0.2, -0.15) is 0 Å². The van der Waals surface area contributed by atoms with Crippen LogP contribution in [0.25, 0.3) is 6.08 Å². The number of hydrogen-bond acceptors (Lipinski definition) is 4. The first-order chi connectivity index (χ1) is 10.6. The molecule has 2 rings (SSSR count). The maximum atomic E-state index is 12.2. The van der Waals surface area contributed by atoms with Crippen LogP contribution < -0.4 is 15.4 Å². The van der Waals surface area contributed by atoms with Crippen LogP contribution in [-0.4, -0.2) is 26.0 Å². The zero-order chi connectivity index (χ0) is 15.9. The SMILES string of the molecule is CNC(=O)/C(=C/c1cccs1)NC(=O)c1ccc(OC)cc1. The second-order valence-corrected chi connectivity index (χ2v) is 5.31. The van der Waals surface area contributed by atoms with Gasteiger partial charge < -0.3 is 15.4 Å². The summed E-state index contributed by atoms with van der Waals surface area (Å²) in [5.41, 5.74) is 0.646. The Bertz CT molecular complexity index is 676. The van der Waals surface area contributed by atoms with Crippen LogP contribution in [0.4, 0.5) is 0 Å². The van der Waals surface area contributed by atoms with Gasteiger partial charge in [0, 0.05) is 17.5 Å². The summed E-state index contributed by atoms with van der Waals surface area (Å²) < 4.78 is 5.05. The zero-order valence-electron chi connectivity index (χ0n) is 12.3. The molecule has 114 valence electrons. The largest absolute Gasteiger partial charge is 0.497 e. The van der Waals surface area contributed by atoms with Crippen LogP contribution in [-0.2, 0) is 4.79 Å². The van der Waals surface area contributed by atoms with Gasteiger partial charge in [-0.25, -0.2) is 0 Å². The van der Waals surface area contributed by atoms with Gasteiger partial charge in [0.15, 0.2) is 0 Å². The molecule has 0 spiro atoms. The number of rotatable bonds is 5. The topological polar surface area (TPSA) is 67.4 Å². The summed E-state index contributed by atoms with van der Waals surface area (Å²) in [5.74, 6) is -0.0403. The minimum atomic E-state index is -0.353. The zero-order valence-corrected chi connectivity index (χ0v) is 13.1. The number of hydrogen-bond donors (Lipinski definition) is 2. The Morgan fingerprint density at radius 1 is 1.18 bits per heavy atom. The number of carbonyl (C=O) groups is 2. The molecule has 0 radical (unpaired) electrons. The fourth-order valence-electron chi connectivity index (χ4n) is 1.75. The molecule has 0 saturated carbocycles. The number of methoxy groups -OCH3 is 1. The second-order valence-electron chi connectivity index (χ2n) is 4.34. The third-order valence-electron chi connectivity index (χ3n) is 2.90. The molecule has 1 heterocycles. The van der Waals surface area contributed by atoms with Crippen LogP contribution in [0.5, 0.6) is 5.75 Å². The minimum absolute atomic E-state index is 0.200. The Kier molecular flexibility index (Phi) is 5.32. The number of amides is 2. The van der Waals surface area contributed by atoms with Gasteiger partial charge in [-0.1, -0.05) is 6.07 Å². The van der Waals surface area contributed by atoms with Crippen LogP contribution in [0.2, 0.25) is 0 Å². The molecule has 0 aliphatic carbocycles. The molecule has 6 heteroatoms. The smallest absolute Gasteiger partial charge is 0.267 e. The molecule has 2 aromatic rings. The average molecular weight is 316 g/mol. The molecule has 2 amide bonds. The molecule has 0 aliphatic heterocycles. The Morgan fingerprint density at radius 3 is 2.45 bits per heavy atom. The minimum Gasteiger partial charge on any atom is -0.497 e. The molecule has 0 unspecified atom stereocenters. The van der Waals surface area contributed by atoms with Crippen molar-refractivity contribution in [1.29, 1.82) is 0 Å². The van der Waals surface area contributed by atoms with Crippen LogP contribution in [0.3, 0.4) is 0 Å². The molecular weight excluding hydrogens is 300 g/mol. The molecule has 2 N–H and O–H groups in total. The van der Waals surface area contributed by atoms with Crippen LogP contribution in [0.1, 0.15) is 15.2 Å². The molecule has 1 aromatic carbocycles. The first-order valence-electron chi connectivity index (χ1n) is 6.56. The van der Waals surface area contributed by atoms with Gasteiger partial charge in [0.1, 0.15) is 11.4 Å². The molecule has 22 heavy (non-hydrogen) atoms. The highest BCUT2D eigenvalue weighted by Crippen LogP contribution is 2.14. The first kappa shape index (κ1) is 15.8. The first-order valence-corrected chi connectivity index (χ1v) is 7.44. The van der Waals surface area contributed by atoms with E-state index in [4.69, 9.17) is 4.74 Å². The summed E-state index contributed by atoms with van der Waals surface area (Å²) in [5, 5.41) is 7.05. The number of benzene rings is 1. The monoisotopic (exact) mass is 316 g/mol. The Hall–Kier alpha value is -2.60. The van der Waals surface area contributed by atoms with E-state index in [1.165, 1.54) is 18.4 Å². The van der Waals surface area contributed by atoms with Crippen LogP contribution in [0, 0.1) is 0 Å². The van der Waals surface area contributed by atoms with Crippen molar-refractivity contribution in [3.8, 4) is 5.75 Å². The van der Waals surface area contributed by atoms with Crippen molar-refractivity contribution < 1.29 is 14.3 Å². The van der Waals surface area contributed by atoms with E-state index in [-0.39, 0.29) is 17.5 Å². The summed E-state index contributed by atoms with van der Waals surface area (Å²) in [6, 6.07) is 10.4. The van der Waals surface area contributed by atoms with Gasteiger partial charge in [-0.15, -0.1) is 11.3 Å². The predicted molar refractivity (Wildman–Crippen MR) is 86.8 cm³/mol. The molecule has 0 bridgehead atoms. The number of likely N-dealkylation sites (N-methyl/N-ethyl adjacent to an activating group) is 1. The lowest BCUT2D eigenvalue weighted by molar-refractivity contribution is -0.117. The summed E-state index contributed by atoms with van der Waals surface area (Å²) in [6.07, 6.45) is 1.64. The van der Waals surface area contributed by atoms with E-state index in [2.05, 4.69) is 10.6 Å². The molecule has 0 atom stereocenters. The Morgan fingerprint density at radius 2 is 1.91 bits per heavy atom. The molecular formula is C16H16N2O3S. The number of thiophene rings is 1. The van der Waals surface area contributed by atoms with E-state index in [0.29, 0.717) is 11.3 Å². The maximum absolute atomic E-state index is 12.2. The highest BCUT2D eigenvalue weighted by atomic mass is 32.1. The predicted octanol–water partition coefficient (Wildman–Crippen LogP) is 2.27. The summed E-state index contributed by atoms with van der Waals surface area (Å²) in [4.78, 5) is 25.0.